The zero-order chi connectivity index (χ0) is 20.2. The van der Waals surface area contributed by atoms with Gasteiger partial charge in [0.1, 0.15) is 5.82 Å². The van der Waals surface area contributed by atoms with Crippen molar-refractivity contribution in [1.29, 1.82) is 0 Å². The van der Waals surface area contributed by atoms with Crippen molar-refractivity contribution in [2.75, 3.05) is 6.54 Å². The van der Waals surface area contributed by atoms with Crippen LogP contribution in [0, 0.1) is 5.82 Å². The first-order valence-electron chi connectivity index (χ1n) is 9.20. The van der Waals surface area contributed by atoms with Gasteiger partial charge in [0.25, 0.3) is 11.5 Å². The molecule has 0 bridgehead atoms. The molecule has 0 fully saturated rings. The smallest absolute Gasteiger partial charge is 0.253 e. The van der Waals surface area contributed by atoms with E-state index in [4.69, 9.17) is 0 Å². The summed E-state index contributed by atoms with van der Waals surface area (Å²) in [5, 5.41) is 4.73. The van der Waals surface area contributed by atoms with Crippen LogP contribution in [-0.2, 0) is 6.54 Å². The molecule has 0 spiro atoms. The Kier molecular flexibility index (Phi) is 5.16. The van der Waals surface area contributed by atoms with E-state index in [-0.39, 0.29) is 17.3 Å². The summed E-state index contributed by atoms with van der Waals surface area (Å²) in [6.07, 6.45) is 1.44. The van der Waals surface area contributed by atoms with Gasteiger partial charge in [-0.1, -0.05) is 36.4 Å². The molecule has 29 heavy (non-hydrogen) atoms. The van der Waals surface area contributed by atoms with E-state index in [1.165, 1.54) is 29.1 Å². The van der Waals surface area contributed by atoms with Crippen LogP contribution < -0.4 is 10.9 Å². The fraction of sp³-hybridized carbons (Fsp3) is 0.0870. The second-order valence-electron chi connectivity index (χ2n) is 6.60. The van der Waals surface area contributed by atoms with Gasteiger partial charge in [-0.2, -0.15) is 0 Å². The van der Waals surface area contributed by atoms with Crippen LogP contribution in [-0.4, -0.2) is 22.0 Å². The van der Waals surface area contributed by atoms with Gasteiger partial charge in [-0.25, -0.2) is 9.37 Å². The highest BCUT2D eigenvalue weighted by Gasteiger charge is 2.09. The quantitative estimate of drug-likeness (QED) is 0.569. The highest BCUT2D eigenvalue weighted by Crippen LogP contribution is 2.18. The maximum absolute atomic E-state index is 13.0. The normalized spacial score (nSPS) is 10.8. The number of hydrogen-bond donors (Lipinski definition) is 1. The summed E-state index contributed by atoms with van der Waals surface area (Å²) in [6.45, 7) is 0.589. The predicted octanol–water partition coefficient (Wildman–Crippen LogP) is 3.63. The predicted molar refractivity (Wildman–Crippen MR) is 110 cm³/mol. The average molecular weight is 387 g/mol. The summed E-state index contributed by atoms with van der Waals surface area (Å²) in [4.78, 5) is 29.2. The number of rotatable bonds is 5. The Bertz CT molecular complexity index is 1230. The lowest BCUT2D eigenvalue weighted by molar-refractivity contribution is 0.0954. The third-order valence-corrected chi connectivity index (χ3v) is 4.69. The molecule has 0 atom stereocenters. The number of benzene rings is 3. The van der Waals surface area contributed by atoms with E-state index in [0.29, 0.717) is 29.9 Å². The van der Waals surface area contributed by atoms with Crippen LogP contribution in [0.1, 0.15) is 10.4 Å². The van der Waals surface area contributed by atoms with Crippen LogP contribution in [0.2, 0.25) is 0 Å². The monoisotopic (exact) mass is 387 g/mol. The van der Waals surface area contributed by atoms with Crippen LogP contribution >= 0.6 is 0 Å². The molecule has 1 N–H and O–H groups in total. The molecule has 144 valence electrons. The van der Waals surface area contributed by atoms with Gasteiger partial charge in [0.05, 0.1) is 12.0 Å². The Morgan fingerprint density at radius 1 is 1.00 bits per heavy atom. The highest BCUT2D eigenvalue weighted by atomic mass is 19.1. The first-order valence-corrected chi connectivity index (χ1v) is 9.20. The molecule has 5 nitrogen and oxygen atoms in total. The third kappa shape index (κ3) is 4.06. The van der Waals surface area contributed by atoms with E-state index in [1.54, 1.807) is 18.2 Å². The van der Waals surface area contributed by atoms with Gasteiger partial charge in [0.15, 0.2) is 0 Å². The van der Waals surface area contributed by atoms with E-state index in [0.717, 1.165) is 10.8 Å². The number of nitrogens with one attached hydrogen (secondary N) is 1. The third-order valence-electron chi connectivity index (χ3n) is 4.69. The lowest BCUT2D eigenvalue weighted by atomic mass is 10.0. The molecule has 6 heteroatoms. The highest BCUT2D eigenvalue weighted by molar-refractivity contribution is 6.06. The summed E-state index contributed by atoms with van der Waals surface area (Å²) >= 11 is 0. The SMILES string of the molecule is O=C(NCCn1cnc(-c2ccc(F)cc2)cc1=O)c1cccc2ccccc12. The van der Waals surface area contributed by atoms with E-state index in [2.05, 4.69) is 10.3 Å². The van der Waals surface area contributed by atoms with Crippen LogP contribution in [0.15, 0.2) is 83.9 Å². The Hall–Kier alpha value is -3.80. The number of amides is 1. The van der Waals surface area contributed by atoms with Gasteiger partial charge in [-0.15, -0.1) is 0 Å². The maximum atomic E-state index is 13.0. The summed E-state index contributed by atoms with van der Waals surface area (Å²) < 4.78 is 14.5. The maximum Gasteiger partial charge on any atom is 0.253 e. The van der Waals surface area contributed by atoms with Gasteiger partial charge in [-0.3, -0.25) is 14.2 Å². The molecular weight excluding hydrogens is 369 g/mol. The molecule has 4 aromatic rings. The Morgan fingerprint density at radius 3 is 2.55 bits per heavy atom. The molecule has 0 saturated heterocycles. The molecule has 0 aliphatic rings. The molecule has 1 aromatic heterocycles. The van der Waals surface area contributed by atoms with E-state index >= 15 is 0 Å². The van der Waals surface area contributed by atoms with E-state index in [1.807, 2.05) is 36.4 Å². The number of aromatic nitrogens is 2. The molecule has 0 radical (unpaired) electrons. The van der Waals surface area contributed by atoms with Gasteiger partial charge in [0.2, 0.25) is 0 Å². The second-order valence-corrected chi connectivity index (χ2v) is 6.60. The summed E-state index contributed by atoms with van der Waals surface area (Å²) in [5.41, 5.74) is 1.50. The number of carbonyl (C=O) groups is 1. The van der Waals surface area contributed by atoms with Crippen LogP contribution in [0.4, 0.5) is 4.39 Å². The second kappa shape index (κ2) is 8.06. The van der Waals surface area contributed by atoms with Crippen LogP contribution in [0.3, 0.4) is 0 Å². The molecule has 0 aliphatic heterocycles. The van der Waals surface area contributed by atoms with Gasteiger partial charge < -0.3 is 5.32 Å². The zero-order valence-corrected chi connectivity index (χ0v) is 15.5. The number of halogens is 1. The van der Waals surface area contributed by atoms with E-state index in [9.17, 15) is 14.0 Å². The van der Waals surface area contributed by atoms with Crippen molar-refractivity contribution < 1.29 is 9.18 Å². The van der Waals surface area contributed by atoms with Crippen molar-refractivity contribution in [3.8, 4) is 11.3 Å². The fourth-order valence-corrected chi connectivity index (χ4v) is 3.18. The van der Waals surface area contributed by atoms with E-state index < -0.39 is 0 Å². The zero-order valence-electron chi connectivity index (χ0n) is 15.5. The van der Waals surface area contributed by atoms with Gasteiger partial charge in [-0.05, 0) is 41.1 Å². The molecular formula is C23H18FN3O2. The Balaban J connectivity index is 1.43. The number of carbonyl (C=O) groups excluding carboxylic acids is 1. The number of nitrogens with zero attached hydrogens (tertiary/aromatic N) is 2. The molecule has 1 heterocycles. The molecule has 0 saturated carbocycles. The largest absolute Gasteiger partial charge is 0.350 e. The average Bonchev–Trinajstić information content (AvgIpc) is 2.75. The summed E-state index contributed by atoms with van der Waals surface area (Å²) in [5.74, 6) is -0.533. The fourth-order valence-electron chi connectivity index (χ4n) is 3.18. The number of fused-ring (bicyclic) bond motifs is 1. The first kappa shape index (κ1) is 18.6. The molecule has 3 aromatic carbocycles. The minimum Gasteiger partial charge on any atom is -0.350 e. The van der Waals surface area contributed by atoms with Crippen molar-refractivity contribution >= 4 is 16.7 Å². The lowest BCUT2D eigenvalue weighted by Gasteiger charge is -2.10. The Morgan fingerprint density at radius 2 is 1.76 bits per heavy atom. The molecule has 0 unspecified atom stereocenters. The van der Waals surface area contributed by atoms with Crippen molar-refractivity contribution in [3.05, 3.63) is 101 Å². The summed E-state index contributed by atoms with van der Waals surface area (Å²) in [7, 11) is 0. The summed E-state index contributed by atoms with van der Waals surface area (Å²) in [6, 6.07) is 20.5. The van der Waals surface area contributed by atoms with Crippen molar-refractivity contribution in [3.63, 3.8) is 0 Å². The Labute approximate surface area is 166 Å². The first-order chi connectivity index (χ1) is 14.1. The standard InChI is InChI=1S/C23H18FN3O2/c24-18-10-8-17(9-11-18)21-14-22(28)27(15-26-21)13-12-25-23(29)20-7-3-5-16-4-1-2-6-19(16)20/h1-11,14-15H,12-13H2,(H,25,29). The minimum absolute atomic E-state index is 0.189. The van der Waals surface area contributed by atoms with Crippen molar-refractivity contribution in [1.82, 2.24) is 14.9 Å². The van der Waals surface area contributed by atoms with Crippen LogP contribution in [0.25, 0.3) is 22.0 Å². The minimum atomic E-state index is -0.343. The molecule has 4 rings (SSSR count). The van der Waals surface area contributed by atoms with Gasteiger partial charge in [0, 0.05) is 30.3 Å². The molecule has 1 amide bonds. The van der Waals surface area contributed by atoms with Gasteiger partial charge >= 0.3 is 0 Å². The topological polar surface area (TPSA) is 64.0 Å². The van der Waals surface area contributed by atoms with Crippen molar-refractivity contribution in [2.24, 2.45) is 0 Å². The van der Waals surface area contributed by atoms with Crippen molar-refractivity contribution in [2.45, 2.75) is 6.54 Å². The van der Waals surface area contributed by atoms with Crippen LogP contribution in [0.5, 0.6) is 0 Å². The molecule has 0 aliphatic carbocycles. The lowest BCUT2D eigenvalue weighted by Crippen LogP contribution is -2.30. The number of hydrogen-bond acceptors (Lipinski definition) is 3.